The van der Waals surface area contributed by atoms with E-state index < -0.39 is 10.1 Å². The summed E-state index contributed by atoms with van der Waals surface area (Å²) in [6.45, 7) is 2.72. The predicted molar refractivity (Wildman–Crippen MR) is 68.9 cm³/mol. The molecular formula is C11H15BrO4S. The molecule has 0 aliphatic carbocycles. The Morgan fingerprint density at radius 3 is 2.35 bits per heavy atom. The molecule has 1 rings (SSSR count). The third-order valence-corrected chi connectivity index (χ3v) is 3.65. The molecule has 1 aromatic carbocycles. The van der Waals surface area contributed by atoms with Crippen LogP contribution in [0.5, 0.6) is 0 Å². The first kappa shape index (κ1) is 14.6. The molecular weight excluding hydrogens is 308 g/mol. The van der Waals surface area contributed by atoms with Gasteiger partial charge in [-0.25, -0.2) is 0 Å². The summed E-state index contributed by atoms with van der Waals surface area (Å²) in [5, 5.41) is 0.720. The van der Waals surface area contributed by atoms with Crippen molar-refractivity contribution in [3.8, 4) is 0 Å². The van der Waals surface area contributed by atoms with Crippen LogP contribution in [0, 0.1) is 6.92 Å². The van der Waals surface area contributed by atoms with Gasteiger partial charge in [0, 0.05) is 5.33 Å². The highest BCUT2D eigenvalue weighted by atomic mass is 79.9. The maximum atomic E-state index is 11.7. The zero-order chi connectivity index (χ0) is 12.7. The molecule has 6 heteroatoms. The molecule has 0 aliphatic rings. The van der Waals surface area contributed by atoms with Crippen molar-refractivity contribution in [2.75, 3.05) is 25.2 Å². The van der Waals surface area contributed by atoms with Crippen LogP contribution in [0.25, 0.3) is 0 Å². The highest BCUT2D eigenvalue weighted by Crippen LogP contribution is 2.12. The summed E-state index contributed by atoms with van der Waals surface area (Å²) in [7, 11) is -3.66. The largest absolute Gasteiger partial charge is 0.378 e. The highest BCUT2D eigenvalue weighted by molar-refractivity contribution is 9.09. The molecule has 0 saturated heterocycles. The average Bonchev–Trinajstić information content (AvgIpc) is 2.29. The van der Waals surface area contributed by atoms with Gasteiger partial charge < -0.3 is 4.74 Å². The zero-order valence-electron chi connectivity index (χ0n) is 9.56. The minimum Gasteiger partial charge on any atom is -0.378 e. The van der Waals surface area contributed by atoms with Crippen molar-refractivity contribution in [2.24, 2.45) is 0 Å². The Morgan fingerprint density at radius 1 is 1.12 bits per heavy atom. The van der Waals surface area contributed by atoms with Crippen molar-refractivity contribution in [1.29, 1.82) is 0 Å². The van der Waals surface area contributed by atoms with Gasteiger partial charge >= 0.3 is 0 Å². The Balaban J connectivity index is 2.48. The van der Waals surface area contributed by atoms with Gasteiger partial charge in [0.2, 0.25) is 0 Å². The number of hydrogen-bond acceptors (Lipinski definition) is 4. The van der Waals surface area contributed by atoms with Crippen LogP contribution in [0.4, 0.5) is 0 Å². The van der Waals surface area contributed by atoms with Gasteiger partial charge in [0.1, 0.15) is 0 Å². The SMILES string of the molecule is Cc1ccc(S(=O)(=O)OCCOCCBr)cc1. The Hall–Kier alpha value is -0.430. The van der Waals surface area contributed by atoms with E-state index in [0.29, 0.717) is 6.61 Å². The molecule has 17 heavy (non-hydrogen) atoms. The second-order valence-electron chi connectivity index (χ2n) is 3.39. The van der Waals surface area contributed by atoms with Gasteiger partial charge in [-0.1, -0.05) is 33.6 Å². The molecule has 0 amide bonds. The maximum absolute atomic E-state index is 11.7. The van der Waals surface area contributed by atoms with Gasteiger partial charge in [0.25, 0.3) is 10.1 Å². The second-order valence-corrected chi connectivity index (χ2v) is 5.80. The molecule has 0 bridgehead atoms. The van der Waals surface area contributed by atoms with Crippen molar-refractivity contribution in [2.45, 2.75) is 11.8 Å². The minimum atomic E-state index is -3.66. The van der Waals surface area contributed by atoms with Crippen LogP contribution in [0.3, 0.4) is 0 Å². The summed E-state index contributed by atoms with van der Waals surface area (Å²) >= 11 is 3.20. The van der Waals surface area contributed by atoms with Crippen LogP contribution in [0.2, 0.25) is 0 Å². The van der Waals surface area contributed by atoms with Gasteiger partial charge in [-0.2, -0.15) is 8.42 Å². The van der Waals surface area contributed by atoms with Crippen LogP contribution in [-0.2, 0) is 19.0 Å². The molecule has 0 unspecified atom stereocenters. The molecule has 0 fully saturated rings. The lowest BCUT2D eigenvalue weighted by Crippen LogP contribution is -2.12. The number of hydrogen-bond donors (Lipinski definition) is 0. The Labute approximate surface area is 110 Å². The summed E-state index contributed by atoms with van der Waals surface area (Å²) in [6.07, 6.45) is 0. The summed E-state index contributed by atoms with van der Waals surface area (Å²) in [4.78, 5) is 0.170. The van der Waals surface area contributed by atoms with Crippen molar-refractivity contribution in [3.05, 3.63) is 29.8 Å². The topological polar surface area (TPSA) is 52.6 Å². The van der Waals surface area contributed by atoms with Crippen molar-refractivity contribution < 1.29 is 17.3 Å². The Morgan fingerprint density at radius 2 is 1.76 bits per heavy atom. The van der Waals surface area contributed by atoms with Gasteiger partial charge in [0.05, 0.1) is 24.7 Å². The Bertz CT molecular complexity index is 427. The molecule has 1 aromatic rings. The molecule has 0 spiro atoms. The molecule has 4 nitrogen and oxygen atoms in total. The van der Waals surface area contributed by atoms with E-state index in [1.807, 2.05) is 6.92 Å². The second kappa shape index (κ2) is 7.10. The first-order chi connectivity index (χ1) is 8.06. The monoisotopic (exact) mass is 322 g/mol. The fraction of sp³-hybridized carbons (Fsp3) is 0.455. The predicted octanol–water partition coefficient (Wildman–Crippen LogP) is 2.11. The number of ether oxygens (including phenoxy) is 1. The van der Waals surface area contributed by atoms with Gasteiger partial charge in [-0.05, 0) is 19.1 Å². The van der Waals surface area contributed by atoms with E-state index in [2.05, 4.69) is 15.9 Å². The van der Waals surface area contributed by atoms with E-state index >= 15 is 0 Å². The van der Waals surface area contributed by atoms with Gasteiger partial charge in [-0.3, -0.25) is 4.18 Å². The summed E-state index contributed by atoms with van der Waals surface area (Å²) in [5.74, 6) is 0. The van der Waals surface area contributed by atoms with E-state index in [-0.39, 0.29) is 18.1 Å². The van der Waals surface area contributed by atoms with Crippen LogP contribution in [0.1, 0.15) is 5.56 Å². The molecule has 0 heterocycles. The van der Waals surface area contributed by atoms with Crippen molar-refractivity contribution in [1.82, 2.24) is 0 Å². The number of rotatable bonds is 7. The first-order valence-corrected chi connectivity index (χ1v) is 7.69. The lowest BCUT2D eigenvalue weighted by molar-refractivity contribution is 0.114. The zero-order valence-corrected chi connectivity index (χ0v) is 12.0. The molecule has 0 atom stereocenters. The lowest BCUT2D eigenvalue weighted by atomic mass is 10.2. The summed E-state index contributed by atoms with van der Waals surface area (Å²) in [5.41, 5.74) is 1.00. The highest BCUT2D eigenvalue weighted by Gasteiger charge is 2.14. The maximum Gasteiger partial charge on any atom is 0.297 e. The average molecular weight is 323 g/mol. The van der Waals surface area contributed by atoms with Gasteiger partial charge in [0.15, 0.2) is 0 Å². The van der Waals surface area contributed by atoms with E-state index in [9.17, 15) is 8.42 Å². The van der Waals surface area contributed by atoms with E-state index in [0.717, 1.165) is 10.9 Å². The lowest BCUT2D eigenvalue weighted by Gasteiger charge is -2.06. The molecule has 96 valence electrons. The van der Waals surface area contributed by atoms with E-state index in [4.69, 9.17) is 8.92 Å². The first-order valence-electron chi connectivity index (χ1n) is 5.16. The minimum absolute atomic E-state index is 0.0310. The number of alkyl halides is 1. The van der Waals surface area contributed by atoms with Crippen LogP contribution >= 0.6 is 15.9 Å². The Kier molecular flexibility index (Phi) is 6.11. The number of aryl methyl sites for hydroxylation is 1. The fourth-order valence-electron chi connectivity index (χ4n) is 1.13. The molecule has 0 radical (unpaired) electrons. The quantitative estimate of drug-likeness (QED) is 0.438. The molecule has 0 N–H and O–H groups in total. The van der Waals surface area contributed by atoms with Gasteiger partial charge in [-0.15, -0.1) is 0 Å². The van der Waals surface area contributed by atoms with E-state index in [1.165, 1.54) is 12.1 Å². The van der Waals surface area contributed by atoms with Crippen molar-refractivity contribution in [3.63, 3.8) is 0 Å². The normalized spacial score (nSPS) is 11.6. The number of benzene rings is 1. The summed E-state index contributed by atoms with van der Waals surface area (Å²) < 4.78 is 33.3. The number of halogens is 1. The standard InChI is InChI=1S/C11H15BrO4S/c1-10-2-4-11(5-3-10)17(13,14)16-9-8-15-7-6-12/h2-5H,6-9H2,1H3. The smallest absolute Gasteiger partial charge is 0.297 e. The van der Waals surface area contributed by atoms with E-state index in [1.54, 1.807) is 12.1 Å². The molecule has 0 saturated carbocycles. The fourth-order valence-corrected chi connectivity index (χ4v) is 2.25. The van der Waals surface area contributed by atoms with Crippen LogP contribution < -0.4 is 0 Å². The van der Waals surface area contributed by atoms with Crippen LogP contribution in [0.15, 0.2) is 29.2 Å². The molecule has 0 aliphatic heterocycles. The molecule has 0 aromatic heterocycles. The van der Waals surface area contributed by atoms with Crippen molar-refractivity contribution >= 4 is 26.0 Å². The van der Waals surface area contributed by atoms with Crippen LogP contribution in [-0.4, -0.2) is 33.6 Å². The third-order valence-electron chi connectivity index (χ3n) is 2.00. The summed E-state index contributed by atoms with van der Waals surface area (Å²) in [6, 6.07) is 6.53. The third kappa shape index (κ3) is 5.16.